The molecule has 2 atom stereocenters. The van der Waals surface area contributed by atoms with Crippen molar-refractivity contribution in [3.63, 3.8) is 0 Å². The second kappa shape index (κ2) is 8.64. The van der Waals surface area contributed by atoms with Gasteiger partial charge in [0.05, 0.1) is 12.6 Å². The SMILES string of the molecule is O=C1[C@@H]2Cc3c([nH]c4ccccc34)[C@@H](c3cccc(Br)c3)N2C(=O)CN1CCc1cccc(F)c1. The average molecular weight is 532 g/mol. The Hall–Kier alpha value is -3.45. The number of H-pyrrole nitrogens is 1. The van der Waals surface area contributed by atoms with Gasteiger partial charge in [0, 0.05) is 34.0 Å². The number of piperazine rings is 1. The first kappa shape index (κ1) is 22.0. The number of carbonyl (C=O) groups is 2. The maximum Gasteiger partial charge on any atom is 0.246 e. The van der Waals surface area contributed by atoms with E-state index < -0.39 is 6.04 Å². The van der Waals surface area contributed by atoms with Crippen molar-refractivity contribution in [3.05, 3.63) is 105 Å². The standard InChI is InChI=1S/C28H23BrFN3O2/c29-19-7-4-6-18(14-19)27-26-22(21-9-1-2-10-23(21)31-26)15-24-28(35)32(16-25(34)33(24)27)12-11-17-5-3-8-20(30)13-17/h1-10,13-14,24,27,31H,11-12,15-16H2/t24-,27+/m0/s1. The predicted molar refractivity (Wildman–Crippen MR) is 135 cm³/mol. The molecule has 2 aliphatic rings. The van der Waals surface area contributed by atoms with Gasteiger partial charge in [-0.1, -0.05) is 58.4 Å². The fourth-order valence-corrected chi connectivity index (χ4v) is 5.91. The molecule has 2 amide bonds. The van der Waals surface area contributed by atoms with Gasteiger partial charge in [0.15, 0.2) is 0 Å². The predicted octanol–water partition coefficient (Wildman–Crippen LogP) is 5.00. The Morgan fingerprint density at radius 1 is 1.00 bits per heavy atom. The molecule has 0 spiro atoms. The highest BCUT2D eigenvalue weighted by Gasteiger charge is 2.48. The Balaban J connectivity index is 1.39. The van der Waals surface area contributed by atoms with Crippen molar-refractivity contribution in [2.45, 2.75) is 24.9 Å². The number of nitrogens with zero attached hydrogens (tertiary/aromatic N) is 2. The van der Waals surface area contributed by atoms with Crippen LogP contribution in [0, 0.1) is 5.82 Å². The molecule has 0 bridgehead atoms. The van der Waals surface area contributed by atoms with E-state index in [2.05, 4.69) is 27.0 Å². The summed E-state index contributed by atoms with van der Waals surface area (Å²) in [5.74, 6) is -0.439. The van der Waals surface area contributed by atoms with Gasteiger partial charge in [-0.05, 0) is 53.4 Å². The quantitative estimate of drug-likeness (QED) is 0.403. The Morgan fingerprint density at radius 3 is 2.66 bits per heavy atom. The fraction of sp³-hybridized carbons (Fsp3) is 0.214. The molecule has 35 heavy (non-hydrogen) atoms. The van der Waals surface area contributed by atoms with Crippen LogP contribution in [-0.2, 0) is 22.4 Å². The number of carbonyl (C=O) groups excluding carboxylic acids is 2. The monoisotopic (exact) mass is 531 g/mol. The zero-order valence-electron chi connectivity index (χ0n) is 18.9. The van der Waals surface area contributed by atoms with Gasteiger partial charge in [-0.15, -0.1) is 0 Å². The number of aromatic nitrogens is 1. The molecule has 0 unspecified atom stereocenters. The number of aromatic amines is 1. The Labute approximate surface area is 210 Å². The van der Waals surface area contributed by atoms with Crippen LogP contribution >= 0.6 is 15.9 Å². The lowest BCUT2D eigenvalue weighted by molar-refractivity contribution is -0.158. The van der Waals surface area contributed by atoms with Crippen molar-refractivity contribution in [1.29, 1.82) is 0 Å². The lowest BCUT2D eigenvalue weighted by Crippen LogP contribution is -2.63. The van der Waals surface area contributed by atoms with Gasteiger partial charge in [0.25, 0.3) is 0 Å². The zero-order chi connectivity index (χ0) is 24.1. The van der Waals surface area contributed by atoms with Gasteiger partial charge in [-0.25, -0.2) is 4.39 Å². The summed E-state index contributed by atoms with van der Waals surface area (Å²) in [6.45, 7) is 0.394. The summed E-state index contributed by atoms with van der Waals surface area (Å²) >= 11 is 3.56. The summed E-state index contributed by atoms with van der Waals surface area (Å²) in [6, 6.07) is 21.4. The van der Waals surface area contributed by atoms with Crippen LogP contribution in [0.1, 0.15) is 28.4 Å². The molecular weight excluding hydrogens is 509 g/mol. The largest absolute Gasteiger partial charge is 0.356 e. The van der Waals surface area contributed by atoms with E-state index >= 15 is 0 Å². The molecule has 1 saturated heterocycles. The van der Waals surface area contributed by atoms with Crippen molar-refractivity contribution in [1.82, 2.24) is 14.8 Å². The zero-order valence-corrected chi connectivity index (χ0v) is 20.5. The summed E-state index contributed by atoms with van der Waals surface area (Å²) in [4.78, 5) is 34.3. The van der Waals surface area contributed by atoms with Gasteiger partial charge in [-0.3, -0.25) is 9.59 Å². The first-order chi connectivity index (χ1) is 17.0. The van der Waals surface area contributed by atoms with Crippen LogP contribution in [0.4, 0.5) is 4.39 Å². The van der Waals surface area contributed by atoms with Crippen LogP contribution in [-0.4, -0.2) is 45.7 Å². The van der Waals surface area contributed by atoms with E-state index in [9.17, 15) is 14.0 Å². The van der Waals surface area contributed by atoms with Gasteiger partial charge in [-0.2, -0.15) is 0 Å². The summed E-state index contributed by atoms with van der Waals surface area (Å²) in [7, 11) is 0. The molecule has 2 aliphatic heterocycles. The number of benzene rings is 3. The molecule has 0 aliphatic carbocycles. The lowest BCUT2D eigenvalue weighted by atomic mass is 9.86. The normalized spacial score (nSPS) is 19.7. The molecule has 1 fully saturated rings. The second-order valence-electron chi connectivity index (χ2n) is 9.18. The summed E-state index contributed by atoms with van der Waals surface area (Å²) in [5, 5.41) is 1.08. The minimum atomic E-state index is -0.584. The number of rotatable bonds is 4. The van der Waals surface area contributed by atoms with Crippen molar-refractivity contribution in [2.24, 2.45) is 0 Å². The molecule has 3 aromatic carbocycles. The third kappa shape index (κ3) is 3.84. The van der Waals surface area contributed by atoms with Gasteiger partial charge in [0.2, 0.25) is 11.8 Å². The van der Waals surface area contributed by atoms with Crippen LogP contribution in [0.2, 0.25) is 0 Å². The number of amides is 2. The smallest absolute Gasteiger partial charge is 0.246 e. The lowest BCUT2D eigenvalue weighted by Gasteiger charge is -2.47. The Kier molecular flexibility index (Phi) is 5.44. The first-order valence-electron chi connectivity index (χ1n) is 11.7. The van der Waals surface area contributed by atoms with Gasteiger partial charge < -0.3 is 14.8 Å². The second-order valence-corrected chi connectivity index (χ2v) is 10.1. The molecule has 0 saturated carbocycles. The summed E-state index contributed by atoms with van der Waals surface area (Å²) in [5.41, 5.74) is 4.81. The highest BCUT2D eigenvalue weighted by Crippen LogP contribution is 2.42. The molecule has 3 heterocycles. The van der Waals surface area contributed by atoms with E-state index in [-0.39, 0.29) is 30.2 Å². The van der Waals surface area contributed by atoms with Gasteiger partial charge >= 0.3 is 0 Å². The van der Waals surface area contributed by atoms with Gasteiger partial charge in [0.1, 0.15) is 11.9 Å². The van der Waals surface area contributed by atoms with Crippen LogP contribution in [0.25, 0.3) is 10.9 Å². The van der Waals surface area contributed by atoms with Crippen LogP contribution in [0.15, 0.2) is 77.3 Å². The maximum atomic E-state index is 13.7. The molecule has 1 N–H and O–H groups in total. The van der Waals surface area contributed by atoms with Crippen molar-refractivity contribution >= 4 is 38.6 Å². The number of halogens is 2. The molecule has 5 nitrogen and oxygen atoms in total. The Morgan fingerprint density at radius 2 is 1.83 bits per heavy atom. The van der Waals surface area contributed by atoms with E-state index in [4.69, 9.17) is 0 Å². The van der Waals surface area contributed by atoms with E-state index in [1.165, 1.54) is 12.1 Å². The molecular formula is C28H23BrFN3O2. The topological polar surface area (TPSA) is 56.4 Å². The Bertz CT molecular complexity index is 1470. The molecule has 176 valence electrons. The number of hydrogen-bond acceptors (Lipinski definition) is 2. The highest BCUT2D eigenvalue weighted by molar-refractivity contribution is 9.10. The third-order valence-corrected chi connectivity index (χ3v) is 7.56. The molecule has 6 rings (SSSR count). The molecule has 4 aromatic rings. The van der Waals surface area contributed by atoms with Crippen molar-refractivity contribution in [3.8, 4) is 0 Å². The van der Waals surface area contributed by atoms with E-state index in [0.29, 0.717) is 19.4 Å². The molecule has 0 radical (unpaired) electrons. The third-order valence-electron chi connectivity index (χ3n) is 7.07. The molecule has 1 aromatic heterocycles. The van der Waals surface area contributed by atoms with E-state index in [1.807, 2.05) is 48.5 Å². The fourth-order valence-electron chi connectivity index (χ4n) is 5.49. The van der Waals surface area contributed by atoms with Crippen LogP contribution < -0.4 is 0 Å². The summed E-state index contributed by atoms with van der Waals surface area (Å²) in [6.07, 6.45) is 0.960. The van der Waals surface area contributed by atoms with Crippen LogP contribution in [0.3, 0.4) is 0 Å². The number of para-hydroxylation sites is 1. The average Bonchev–Trinajstić information content (AvgIpc) is 3.22. The number of hydrogen-bond donors (Lipinski definition) is 1. The summed E-state index contributed by atoms with van der Waals surface area (Å²) < 4.78 is 14.5. The van der Waals surface area contributed by atoms with Crippen LogP contribution in [0.5, 0.6) is 0 Å². The number of fused-ring (bicyclic) bond motifs is 4. The van der Waals surface area contributed by atoms with Crippen molar-refractivity contribution < 1.29 is 14.0 Å². The minimum Gasteiger partial charge on any atom is -0.356 e. The number of nitrogens with one attached hydrogen (secondary N) is 1. The maximum absolute atomic E-state index is 13.7. The van der Waals surface area contributed by atoms with Crippen molar-refractivity contribution in [2.75, 3.05) is 13.1 Å². The highest BCUT2D eigenvalue weighted by atomic mass is 79.9. The molecule has 7 heteroatoms. The minimum absolute atomic E-state index is 0.0186. The van der Waals surface area contributed by atoms with E-state index in [1.54, 1.807) is 15.9 Å². The van der Waals surface area contributed by atoms with E-state index in [0.717, 1.165) is 37.8 Å². The first-order valence-corrected chi connectivity index (χ1v) is 12.5.